The maximum atomic E-state index is 13.1. The molecule has 2 aliphatic rings. The smallest absolute Gasteiger partial charge is 0.223 e. The number of carbonyl (C=O) groups excluding carboxylic acids is 2. The molecule has 184 valence electrons. The number of aryl methyl sites for hydroxylation is 1. The zero-order valence-corrected chi connectivity index (χ0v) is 20.3. The van der Waals surface area contributed by atoms with Crippen molar-refractivity contribution in [2.45, 2.75) is 38.6 Å². The van der Waals surface area contributed by atoms with Gasteiger partial charge in [-0.15, -0.1) is 0 Å². The summed E-state index contributed by atoms with van der Waals surface area (Å²) in [6, 6.07) is 9.17. The van der Waals surface area contributed by atoms with E-state index in [1.807, 2.05) is 38.9 Å². The summed E-state index contributed by atoms with van der Waals surface area (Å²) in [5.74, 6) is 1.04. The molecule has 1 aromatic carbocycles. The summed E-state index contributed by atoms with van der Waals surface area (Å²) in [4.78, 5) is 29.7. The highest BCUT2D eigenvalue weighted by Gasteiger charge is 2.39. The van der Waals surface area contributed by atoms with E-state index in [-0.39, 0.29) is 17.2 Å². The number of amides is 2. The second kappa shape index (κ2) is 11.7. The third kappa shape index (κ3) is 6.73. The molecular weight excluding hydrogens is 456 g/mol. The van der Waals surface area contributed by atoms with Crippen LogP contribution in [0.3, 0.4) is 0 Å². The second-order valence-electron chi connectivity index (χ2n) is 9.17. The van der Waals surface area contributed by atoms with Crippen molar-refractivity contribution < 1.29 is 19.1 Å². The molecule has 0 atom stereocenters. The minimum Gasteiger partial charge on any atom is -0.493 e. The number of rotatable bonds is 9. The van der Waals surface area contributed by atoms with E-state index in [1.165, 1.54) is 0 Å². The van der Waals surface area contributed by atoms with Crippen molar-refractivity contribution in [1.29, 1.82) is 0 Å². The first-order valence-electron chi connectivity index (χ1n) is 12.0. The Balaban J connectivity index is 1.34. The lowest BCUT2D eigenvalue weighted by Gasteiger charge is -2.42. The van der Waals surface area contributed by atoms with E-state index in [4.69, 9.17) is 21.1 Å². The van der Waals surface area contributed by atoms with Gasteiger partial charge in [-0.2, -0.15) is 5.10 Å². The summed E-state index contributed by atoms with van der Waals surface area (Å²) < 4.78 is 13.4. The maximum Gasteiger partial charge on any atom is 0.223 e. The van der Waals surface area contributed by atoms with E-state index in [1.54, 1.807) is 18.3 Å². The summed E-state index contributed by atoms with van der Waals surface area (Å²) in [5.41, 5.74) is -0.305. The molecule has 4 rings (SSSR count). The number of piperidine rings is 1. The van der Waals surface area contributed by atoms with Gasteiger partial charge in [0.1, 0.15) is 5.75 Å². The number of ether oxygens (including phenoxy) is 2. The highest BCUT2D eigenvalue weighted by atomic mass is 35.5. The number of hydrogen-bond donors (Lipinski definition) is 0. The highest BCUT2D eigenvalue weighted by molar-refractivity contribution is 6.30. The van der Waals surface area contributed by atoms with E-state index in [9.17, 15) is 9.59 Å². The van der Waals surface area contributed by atoms with E-state index in [2.05, 4.69) is 5.10 Å². The van der Waals surface area contributed by atoms with Crippen LogP contribution in [0.1, 0.15) is 32.1 Å². The van der Waals surface area contributed by atoms with Crippen molar-refractivity contribution in [3.8, 4) is 5.75 Å². The van der Waals surface area contributed by atoms with Crippen LogP contribution in [-0.4, -0.2) is 77.4 Å². The lowest BCUT2D eigenvalue weighted by molar-refractivity contribution is -0.141. The van der Waals surface area contributed by atoms with Crippen molar-refractivity contribution in [3.05, 3.63) is 47.7 Å². The highest BCUT2D eigenvalue weighted by Crippen LogP contribution is 2.37. The molecule has 2 amide bonds. The first-order chi connectivity index (χ1) is 16.5. The summed E-state index contributed by atoms with van der Waals surface area (Å²) >= 11 is 6.00. The Hall–Kier alpha value is -2.58. The fourth-order valence-electron chi connectivity index (χ4n) is 4.60. The van der Waals surface area contributed by atoms with Gasteiger partial charge in [0.25, 0.3) is 0 Å². The lowest BCUT2D eigenvalue weighted by Crippen LogP contribution is -2.49. The van der Waals surface area contributed by atoms with Crippen molar-refractivity contribution in [1.82, 2.24) is 19.6 Å². The van der Waals surface area contributed by atoms with Crippen LogP contribution in [0.2, 0.25) is 5.02 Å². The molecular formula is C25H33ClN4O4. The van der Waals surface area contributed by atoms with Gasteiger partial charge in [0.05, 0.1) is 19.8 Å². The summed E-state index contributed by atoms with van der Waals surface area (Å²) in [5, 5.41) is 4.84. The Morgan fingerprint density at radius 3 is 2.41 bits per heavy atom. The molecule has 9 heteroatoms. The van der Waals surface area contributed by atoms with Crippen LogP contribution in [0.4, 0.5) is 0 Å². The first kappa shape index (κ1) is 24.5. The minimum atomic E-state index is -0.305. The van der Waals surface area contributed by atoms with Gasteiger partial charge < -0.3 is 19.3 Å². The van der Waals surface area contributed by atoms with Gasteiger partial charge in [-0.3, -0.25) is 14.3 Å². The molecule has 0 N–H and O–H groups in total. The second-order valence-corrected chi connectivity index (χ2v) is 9.60. The molecule has 34 heavy (non-hydrogen) atoms. The third-order valence-electron chi connectivity index (χ3n) is 6.76. The van der Waals surface area contributed by atoms with Gasteiger partial charge >= 0.3 is 0 Å². The SMILES string of the molecule is O=C(CCCn1cccn1)N1CCC(COc2ccc(Cl)cc2)(CC(=O)N2CCOCC2)CC1. The molecule has 2 aromatic rings. The molecule has 0 bridgehead atoms. The van der Waals surface area contributed by atoms with Gasteiger partial charge in [-0.25, -0.2) is 0 Å². The topological polar surface area (TPSA) is 76.9 Å². The summed E-state index contributed by atoms with van der Waals surface area (Å²) in [6.45, 7) is 4.89. The van der Waals surface area contributed by atoms with Crippen molar-refractivity contribution in [2.24, 2.45) is 5.41 Å². The fraction of sp³-hybridized carbons (Fsp3) is 0.560. The minimum absolute atomic E-state index is 0.141. The van der Waals surface area contributed by atoms with E-state index < -0.39 is 0 Å². The van der Waals surface area contributed by atoms with E-state index in [0.29, 0.717) is 63.9 Å². The Kier molecular flexibility index (Phi) is 8.45. The Labute approximate surface area is 205 Å². The van der Waals surface area contributed by atoms with E-state index >= 15 is 0 Å². The number of morpholine rings is 1. The molecule has 2 aliphatic heterocycles. The largest absolute Gasteiger partial charge is 0.493 e. The predicted molar refractivity (Wildman–Crippen MR) is 129 cm³/mol. The molecule has 0 radical (unpaired) electrons. The van der Waals surface area contributed by atoms with Crippen molar-refractivity contribution >= 4 is 23.4 Å². The molecule has 0 aliphatic carbocycles. The third-order valence-corrected chi connectivity index (χ3v) is 7.01. The fourth-order valence-corrected chi connectivity index (χ4v) is 4.72. The summed E-state index contributed by atoms with van der Waals surface area (Å²) in [7, 11) is 0. The van der Waals surface area contributed by atoms with Gasteiger partial charge in [0, 0.05) is 68.4 Å². The average Bonchev–Trinajstić information content (AvgIpc) is 3.38. The number of benzene rings is 1. The van der Waals surface area contributed by atoms with Crippen LogP contribution >= 0.6 is 11.6 Å². The zero-order chi connectivity index (χ0) is 23.8. The Morgan fingerprint density at radius 1 is 1.03 bits per heavy atom. The summed E-state index contributed by atoms with van der Waals surface area (Å²) in [6.07, 6.45) is 6.81. The number of halogens is 1. The molecule has 2 fully saturated rings. The quantitative estimate of drug-likeness (QED) is 0.541. The molecule has 0 spiro atoms. The number of likely N-dealkylation sites (tertiary alicyclic amines) is 1. The predicted octanol–water partition coefficient (Wildman–Crippen LogP) is 3.25. The molecule has 3 heterocycles. The number of hydrogen-bond acceptors (Lipinski definition) is 5. The number of carbonyl (C=O) groups is 2. The lowest BCUT2D eigenvalue weighted by atomic mass is 9.75. The van der Waals surface area contributed by atoms with Gasteiger partial charge in [-0.1, -0.05) is 11.6 Å². The Bertz CT molecular complexity index is 921. The molecule has 2 saturated heterocycles. The van der Waals surface area contributed by atoms with Crippen LogP contribution in [0.15, 0.2) is 42.7 Å². The Morgan fingerprint density at radius 2 is 1.74 bits per heavy atom. The van der Waals surface area contributed by atoms with Crippen molar-refractivity contribution in [2.75, 3.05) is 46.0 Å². The standard InChI is InChI=1S/C25H33ClN4O4/c26-21-4-6-22(7-5-21)34-20-25(19-24(32)29-15-17-33-18-16-29)8-13-28(14-9-25)23(31)3-1-11-30-12-2-10-27-30/h2,4-7,10,12H,1,3,8-9,11,13-20H2. The van der Waals surface area contributed by atoms with Crippen LogP contribution in [0.25, 0.3) is 0 Å². The normalized spacial score (nSPS) is 18.0. The van der Waals surface area contributed by atoms with Crippen LogP contribution in [0, 0.1) is 5.41 Å². The number of aromatic nitrogens is 2. The molecule has 0 saturated carbocycles. The van der Waals surface area contributed by atoms with Crippen LogP contribution < -0.4 is 4.74 Å². The van der Waals surface area contributed by atoms with Gasteiger partial charge in [0.2, 0.25) is 11.8 Å². The number of nitrogens with zero attached hydrogens (tertiary/aromatic N) is 4. The zero-order valence-electron chi connectivity index (χ0n) is 19.5. The molecule has 1 aromatic heterocycles. The van der Waals surface area contributed by atoms with E-state index in [0.717, 1.165) is 31.6 Å². The maximum absolute atomic E-state index is 13.1. The monoisotopic (exact) mass is 488 g/mol. The first-order valence-corrected chi connectivity index (χ1v) is 12.4. The van der Waals surface area contributed by atoms with Gasteiger partial charge in [-0.05, 0) is 49.6 Å². The van der Waals surface area contributed by atoms with Gasteiger partial charge in [0.15, 0.2) is 0 Å². The average molecular weight is 489 g/mol. The van der Waals surface area contributed by atoms with Crippen molar-refractivity contribution in [3.63, 3.8) is 0 Å². The van der Waals surface area contributed by atoms with Crippen LogP contribution in [0.5, 0.6) is 5.75 Å². The molecule has 0 unspecified atom stereocenters. The van der Waals surface area contributed by atoms with Crippen LogP contribution in [-0.2, 0) is 20.9 Å². The molecule has 8 nitrogen and oxygen atoms in total.